The molecule has 0 saturated carbocycles. The molecule has 0 aromatic heterocycles. The molecule has 4 heteroatoms. The highest BCUT2D eigenvalue weighted by atomic mass is 35.5. The van der Waals surface area contributed by atoms with Crippen LogP contribution < -0.4 is 5.11 Å². The molecule has 0 spiro atoms. The first-order valence-corrected chi connectivity index (χ1v) is 4.71. The number of carbonyl (C=O) groups excluding carboxylic acids is 1. The highest BCUT2D eigenvalue weighted by Gasteiger charge is 2.34. The summed E-state index contributed by atoms with van der Waals surface area (Å²) in [7, 11) is 0. The summed E-state index contributed by atoms with van der Waals surface area (Å²) in [5.41, 5.74) is 0. The van der Waals surface area contributed by atoms with Gasteiger partial charge in [-0.3, -0.25) is 0 Å². The Morgan fingerprint density at radius 1 is 1.77 bits per heavy atom. The molecule has 1 rings (SSSR count). The summed E-state index contributed by atoms with van der Waals surface area (Å²) >= 11 is 11.8. The third kappa shape index (κ3) is 2.06. The van der Waals surface area contributed by atoms with Crippen molar-refractivity contribution in [1.29, 1.82) is 0 Å². The first kappa shape index (κ1) is 10.6. The lowest BCUT2D eigenvalue weighted by atomic mass is 9.85. The van der Waals surface area contributed by atoms with Gasteiger partial charge in [0.05, 0.1) is 10.8 Å². The molecule has 0 aliphatic heterocycles. The normalized spacial score (nSPS) is 32.8. The maximum absolute atomic E-state index is 10.7. The number of carbonyl (C=O) groups is 1. The first-order valence-electron chi connectivity index (χ1n) is 3.96. The van der Waals surface area contributed by atoms with Crippen molar-refractivity contribution in [3.05, 3.63) is 23.3 Å². The average Bonchev–Trinajstić information content (AvgIpc) is 2.03. The van der Waals surface area contributed by atoms with Crippen molar-refractivity contribution < 1.29 is 9.90 Å². The molecule has 2 nitrogen and oxygen atoms in total. The second-order valence-electron chi connectivity index (χ2n) is 2.97. The topological polar surface area (TPSA) is 40.1 Å². The summed E-state index contributed by atoms with van der Waals surface area (Å²) in [5, 5.41) is 11.2. The molecule has 72 valence electrons. The van der Waals surface area contributed by atoms with Crippen molar-refractivity contribution in [1.82, 2.24) is 0 Å². The molecule has 2 atom stereocenters. The van der Waals surface area contributed by atoms with Gasteiger partial charge >= 0.3 is 0 Å². The minimum Gasteiger partial charge on any atom is -0.549 e. The fourth-order valence-electron chi connectivity index (χ4n) is 1.31. The number of allylic oxidation sites excluding steroid dienone is 3. The average molecular weight is 220 g/mol. The maximum Gasteiger partial charge on any atom is 0.0755 e. The van der Waals surface area contributed by atoms with Gasteiger partial charge in [0, 0.05) is 11.0 Å². The summed E-state index contributed by atoms with van der Waals surface area (Å²) in [6.45, 7) is 1.81. The molecule has 0 N–H and O–H groups in total. The van der Waals surface area contributed by atoms with Crippen molar-refractivity contribution >= 4 is 29.2 Å². The Labute approximate surface area is 86.8 Å². The zero-order valence-electron chi connectivity index (χ0n) is 7.09. The van der Waals surface area contributed by atoms with E-state index in [0.717, 1.165) is 0 Å². The fourth-order valence-corrected chi connectivity index (χ4v) is 1.91. The lowest BCUT2D eigenvalue weighted by Crippen LogP contribution is -2.43. The Morgan fingerprint density at radius 2 is 2.38 bits per heavy atom. The molecule has 1 aliphatic rings. The summed E-state index contributed by atoms with van der Waals surface area (Å²) in [4.78, 5) is 9.78. The van der Waals surface area contributed by atoms with Gasteiger partial charge in [-0.2, -0.15) is 0 Å². The third-order valence-electron chi connectivity index (χ3n) is 2.14. The molecule has 0 heterocycles. The summed E-state index contributed by atoms with van der Waals surface area (Å²) < 4.78 is 0. The zero-order chi connectivity index (χ0) is 10.1. The van der Waals surface area contributed by atoms with Crippen LogP contribution in [0.15, 0.2) is 23.3 Å². The SMILES string of the molecule is CCC1(Cl)C=C(Cl)C=CC1C(=O)[O-]. The number of alkyl halides is 1. The van der Waals surface area contributed by atoms with E-state index in [-0.39, 0.29) is 0 Å². The Balaban J connectivity index is 3.01. The van der Waals surface area contributed by atoms with E-state index in [1.165, 1.54) is 12.2 Å². The number of rotatable bonds is 2. The van der Waals surface area contributed by atoms with E-state index in [2.05, 4.69) is 0 Å². The fraction of sp³-hybridized carbons (Fsp3) is 0.444. The van der Waals surface area contributed by atoms with Gasteiger partial charge in [-0.25, -0.2) is 0 Å². The molecular weight excluding hydrogens is 211 g/mol. The highest BCUT2D eigenvalue weighted by molar-refractivity contribution is 6.34. The number of hydrogen-bond donors (Lipinski definition) is 0. The molecule has 2 unspecified atom stereocenters. The molecule has 0 bridgehead atoms. The number of carboxylic acids is 1. The summed E-state index contributed by atoms with van der Waals surface area (Å²) in [6, 6.07) is 0. The van der Waals surface area contributed by atoms with Gasteiger partial charge in [0.15, 0.2) is 0 Å². The van der Waals surface area contributed by atoms with Crippen LogP contribution >= 0.6 is 23.2 Å². The van der Waals surface area contributed by atoms with Crippen LogP contribution in [0.25, 0.3) is 0 Å². The van der Waals surface area contributed by atoms with E-state index < -0.39 is 16.8 Å². The molecule has 1 aliphatic carbocycles. The smallest absolute Gasteiger partial charge is 0.0755 e. The molecular formula is C9H9Cl2O2-. The molecule has 0 fully saturated rings. The van der Waals surface area contributed by atoms with Crippen LogP contribution in [-0.4, -0.2) is 10.8 Å². The van der Waals surface area contributed by atoms with Crippen molar-refractivity contribution in [3.8, 4) is 0 Å². The molecule has 0 amide bonds. The van der Waals surface area contributed by atoms with Gasteiger partial charge in [-0.05, 0) is 18.6 Å². The minimum atomic E-state index is -1.17. The summed E-state index contributed by atoms with van der Waals surface area (Å²) in [6.07, 6.45) is 5.04. The zero-order valence-corrected chi connectivity index (χ0v) is 8.60. The Kier molecular flexibility index (Phi) is 3.04. The van der Waals surface area contributed by atoms with E-state index in [9.17, 15) is 9.90 Å². The largest absolute Gasteiger partial charge is 0.549 e. The number of carboxylic acid groups (broad SMARTS) is 1. The predicted octanol–water partition coefficient (Wildman–Crippen LogP) is 1.43. The van der Waals surface area contributed by atoms with Gasteiger partial charge in [0.25, 0.3) is 0 Å². The van der Waals surface area contributed by atoms with Gasteiger partial charge in [-0.15, -0.1) is 11.6 Å². The molecule has 13 heavy (non-hydrogen) atoms. The van der Waals surface area contributed by atoms with E-state index in [1.54, 1.807) is 6.08 Å². The second kappa shape index (κ2) is 3.72. The lowest BCUT2D eigenvalue weighted by molar-refractivity contribution is -0.310. The van der Waals surface area contributed by atoms with Crippen LogP contribution in [0.3, 0.4) is 0 Å². The van der Waals surface area contributed by atoms with E-state index in [4.69, 9.17) is 23.2 Å². The Morgan fingerprint density at radius 3 is 2.85 bits per heavy atom. The summed E-state index contributed by atoms with van der Waals surface area (Å²) in [5.74, 6) is -1.98. The van der Waals surface area contributed by atoms with Crippen molar-refractivity contribution in [2.45, 2.75) is 18.2 Å². The van der Waals surface area contributed by atoms with Crippen molar-refractivity contribution in [2.75, 3.05) is 0 Å². The monoisotopic (exact) mass is 219 g/mol. The predicted molar refractivity (Wildman–Crippen MR) is 50.4 cm³/mol. The van der Waals surface area contributed by atoms with E-state index in [0.29, 0.717) is 11.5 Å². The van der Waals surface area contributed by atoms with E-state index in [1.807, 2.05) is 6.92 Å². The van der Waals surface area contributed by atoms with Gasteiger partial charge in [-0.1, -0.05) is 24.6 Å². The lowest BCUT2D eigenvalue weighted by Gasteiger charge is -2.33. The number of aliphatic carboxylic acids is 1. The maximum atomic E-state index is 10.7. The number of halogens is 2. The highest BCUT2D eigenvalue weighted by Crippen LogP contribution is 2.37. The van der Waals surface area contributed by atoms with Crippen LogP contribution in [0, 0.1) is 5.92 Å². The molecule has 0 saturated heterocycles. The van der Waals surface area contributed by atoms with Crippen LogP contribution in [0.5, 0.6) is 0 Å². The molecule has 0 aromatic rings. The van der Waals surface area contributed by atoms with Crippen molar-refractivity contribution in [2.24, 2.45) is 5.92 Å². The van der Waals surface area contributed by atoms with Crippen LogP contribution in [0.4, 0.5) is 0 Å². The minimum absolute atomic E-state index is 0.467. The van der Waals surface area contributed by atoms with Gasteiger partial charge < -0.3 is 9.90 Å². The molecule has 0 aromatic carbocycles. The number of hydrogen-bond acceptors (Lipinski definition) is 2. The Hall–Kier alpha value is -0.470. The third-order valence-corrected chi connectivity index (χ3v) is 2.99. The van der Waals surface area contributed by atoms with Crippen molar-refractivity contribution in [3.63, 3.8) is 0 Å². The van der Waals surface area contributed by atoms with Crippen LogP contribution in [-0.2, 0) is 4.79 Å². The second-order valence-corrected chi connectivity index (χ2v) is 4.11. The van der Waals surface area contributed by atoms with Gasteiger partial charge in [0.1, 0.15) is 0 Å². The van der Waals surface area contributed by atoms with Crippen LogP contribution in [0.1, 0.15) is 13.3 Å². The first-order chi connectivity index (χ1) is 5.99. The Bertz CT molecular complexity index is 283. The van der Waals surface area contributed by atoms with Gasteiger partial charge in [0.2, 0.25) is 0 Å². The quantitative estimate of drug-likeness (QED) is 0.660. The van der Waals surface area contributed by atoms with Crippen LogP contribution in [0.2, 0.25) is 0 Å². The van der Waals surface area contributed by atoms with E-state index >= 15 is 0 Å². The molecule has 0 radical (unpaired) electrons. The standard InChI is InChI=1S/C9H10Cl2O2/c1-2-9(11)5-6(10)3-4-7(9)8(12)13/h3-5,7H,2H2,1H3,(H,12,13)/p-1.